The van der Waals surface area contributed by atoms with Crippen molar-refractivity contribution in [3.05, 3.63) is 88.9 Å². The van der Waals surface area contributed by atoms with Crippen LogP contribution in [-0.2, 0) is 24.2 Å². The van der Waals surface area contributed by atoms with E-state index < -0.39 is 11.6 Å². The normalized spacial score (nSPS) is 16.7. The van der Waals surface area contributed by atoms with Gasteiger partial charge in [0.05, 0.1) is 16.4 Å². The van der Waals surface area contributed by atoms with Crippen molar-refractivity contribution in [1.29, 1.82) is 0 Å². The average molecular weight is 689 g/mol. The number of nitrogens with one attached hydrogen (secondary N) is 1. The lowest BCUT2D eigenvalue weighted by atomic mass is 9.89. The first kappa shape index (κ1) is 32.6. The summed E-state index contributed by atoms with van der Waals surface area (Å²) in [4.78, 5) is 39.4. The monoisotopic (exact) mass is 688 g/mol. The molecule has 0 saturated heterocycles. The number of esters is 1. The van der Waals surface area contributed by atoms with Crippen LogP contribution in [0.2, 0.25) is 0 Å². The minimum Gasteiger partial charge on any atom is -0.455 e. The summed E-state index contributed by atoms with van der Waals surface area (Å²) >= 11 is 1.47. The summed E-state index contributed by atoms with van der Waals surface area (Å²) in [6.45, 7) is 7.79. The Hall–Kier alpha value is -4.57. The molecule has 258 valence electrons. The van der Waals surface area contributed by atoms with Gasteiger partial charge >= 0.3 is 5.97 Å². The Morgan fingerprint density at radius 1 is 0.940 bits per heavy atom. The number of benzene rings is 2. The van der Waals surface area contributed by atoms with Crippen LogP contribution < -0.4 is 10.2 Å². The fraction of sp³-hybridized carbons (Fsp3) is 0.425. The predicted octanol–water partition coefficient (Wildman–Crippen LogP) is 8.78. The molecule has 5 aromatic rings. The summed E-state index contributed by atoms with van der Waals surface area (Å²) in [6.07, 6.45) is 11.4. The van der Waals surface area contributed by atoms with E-state index in [0.717, 1.165) is 58.3 Å². The smallest absolute Gasteiger partial charge is 0.358 e. The van der Waals surface area contributed by atoms with Crippen LogP contribution in [0.4, 0.5) is 10.9 Å². The maximum absolute atomic E-state index is 13.9. The molecule has 4 heterocycles. The lowest BCUT2D eigenvalue weighted by molar-refractivity contribution is 0.00638. The Morgan fingerprint density at radius 2 is 1.76 bits per heavy atom. The van der Waals surface area contributed by atoms with E-state index in [4.69, 9.17) is 14.8 Å². The van der Waals surface area contributed by atoms with Crippen LogP contribution in [0.5, 0.6) is 0 Å². The zero-order valence-electron chi connectivity index (χ0n) is 29.1. The molecule has 1 aliphatic heterocycles. The van der Waals surface area contributed by atoms with E-state index in [0.29, 0.717) is 47.1 Å². The minimum absolute atomic E-state index is 0.182. The topological polar surface area (TPSA) is 102 Å². The maximum atomic E-state index is 13.9. The third kappa shape index (κ3) is 6.77. The zero-order valence-corrected chi connectivity index (χ0v) is 29.9. The van der Waals surface area contributed by atoms with Crippen LogP contribution >= 0.6 is 11.3 Å². The second kappa shape index (κ2) is 13.3. The fourth-order valence-electron chi connectivity index (χ4n) is 7.55. The third-order valence-electron chi connectivity index (χ3n) is 10.1. The second-order valence-corrected chi connectivity index (χ2v) is 16.1. The number of nitrogens with zero attached hydrogens (tertiary/aromatic N) is 5. The first-order valence-corrected chi connectivity index (χ1v) is 18.8. The van der Waals surface area contributed by atoms with Gasteiger partial charge in [-0.25, -0.2) is 14.8 Å². The molecule has 8 rings (SSSR count). The molecule has 1 N–H and O–H groups in total. The highest BCUT2D eigenvalue weighted by Crippen LogP contribution is 2.46. The Morgan fingerprint density at radius 3 is 2.54 bits per heavy atom. The van der Waals surface area contributed by atoms with Crippen LogP contribution in [0.25, 0.3) is 21.3 Å². The minimum atomic E-state index is -0.674. The van der Waals surface area contributed by atoms with Gasteiger partial charge in [0.2, 0.25) is 0 Å². The molecule has 10 heteroatoms. The zero-order chi connectivity index (χ0) is 34.4. The van der Waals surface area contributed by atoms with E-state index in [9.17, 15) is 9.59 Å². The molecule has 0 atom stereocenters. The van der Waals surface area contributed by atoms with Crippen molar-refractivity contribution < 1.29 is 14.3 Å². The molecule has 2 saturated carbocycles. The molecule has 9 nitrogen and oxygen atoms in total. The Labute approximate surface area is 297 Å². The number of carbonyl (C=O) groups is 2. The lowest BCUT2D eigenvalue weighted by Gasteiger charge is -2.31. The van der Waals surface area contributed by atoms with Gasteiger partial charge < -0.3 is 9.64 Å². The highest BCUT2D eigenvalue weighted by Gasteiger charge is 2.34. The maximum Gasteiger partial charge on any atom is 0.358 e. The van der Waals surface area contributed by atoms with Gasteiger partial charge in [-0.1, -0.05) is 54.9 Å². The largest absolute Gasteiger partial charge is 0.455 e. The third-order valence-corrected chi connectivity index (χ3v) is 11.1. The van der Waals surface area contributed by atoms with Gasteiger partial charge in [-0.3, -0.25) is 14.8 Å². The van der Waals surface area contributed by atoms with E-state index in [2.05, 4.69) is 25.9 Å². The second-order valence-electron chi connectivity index (χ2n) is 15.0. The summed E-state index contributed by atoms with van der Waals surface area (Å²) in [5, 5.41) is 8.53. The number of rotatable bonds is 8. The summed E-state index contributed by atoms with van der Waals surface area (Å²) < 4.78 is 9.20. The number of hydrogen-bond acceptors (Lipinski definition) is 8. The molecule has 3 aromatic heterocycles. The molecule has 2 aromatic carbocycles. The molecule has 50 heavy (non-hydrogen) atoms. The highest BCUT2D eigenvalue weighted by molar-refractivity contribution is 7.22. The van der Waals surface area contributed by atoms with Crippen LogP contribution in [-0.4, -0.2) is 43.8 Å². The van der Waals surface area contributed by atoms with Crippen LogP contribution in [0.1, 0.15) is 109 Å². The number of para-hydroxylation sites is 1. The number of pyridine rings is 1. The van der Waals surface area contributed by atoms with E-state index in [1.807, 2.05) is 75.5 Å². The van der Waals surface area contributed by atoms with Crippen molar-refractivity contribution in [2.24, 2.45) is 5.92 Å². The SMILES string of the molecule is CC(C)(C)OC(=O)c1nc(N2CCc3cccc(C(=O)Nc4nc5ccccc5s4)c3C2)ccc1-c1cnn(CC2CCCCC2)c1C1CC1. The number of aromatic nitrogens is 4. The fourth-order valence-corrected chi connectivity index (χ4v) is 8.41. The van der Waals surface area contributed by atoms with E-state index in [-0.39, 0.29) is 5.91 Å². The molecule has 3 aliphatic rings. The quantitative estimate of drug-likeness (QED) is 0.163. The van der Waals surface area contributed by atoms with Crippen molar-refractivity contribution in [1.82, 2.24) is 19.7 Å². The number of carbonyl (C=O) groups excluding carboxylic acids is 2. The van der Waals surface area contributed by atoms with Gasteiger partial charge in [0.1, 0.15) is 11.4 Å². The average Bonchev–Trinajstić information content (AvgIpc) is 3.73. The number of anilines is 2. The Bertz CT molecular complexity index is 2030. The first-order chi connectivity index (χ1) is 24.2. The van der Waals surface area contributed by atoms with Gasteiger partial charge in [-0.05, 0) is 100 Å². The first-order valence-electron chi connectivity index (χ1n) is 18.0. The van der Waals surface area contributed by atoms with Gasteiger partial charge in [-0.15, -0.1) is 0 Å². The van der Waals surface area contributed by atoms with E-state index in [1.165, 1.54) is 49.1 Å². The molecule has 0 radical (unpaired) electrons. The molecule has 2 aliphatic carbocycles. The summed E-state index contributed by atoms with van der Waals surface area (Å²) in [5.41, 5.74) is 6.21. The molecular formula is C40H44N6O3S. The van der Waals surface area contributed by atoms with Crippen molar-refractivity contribution in [2.45, 2.75) is 96.7 Å². The van der Waals surface area contributed by atoms with Gasteiger partial charge in [-0.2, -0.15) is 5.10 Å². The van der Waals surface area contributed by atoms with Crippen molar-refractivity contribution >= 4 is 44.4 Å². The van der Waals surface area contributed by atoms with Crippen molar-refractivity contribution in [2.75, 3.05) is 16.8 Å². The van der Waals surface area contributed by atoms with Crippen molar-refractivity contribution in [3.63, 3.8) is 0 Å². The lowest BCUT2D eigenvalue weighted by Crippen LogP contribution is -2.33. The van der Waals surface area contributed by atoms with Crippen LogP contribution in [0.3, 0.4) is 0 Å². The van der Waals surface area contributed by atoms with Gasteiger partial charge in [0, 0.05) is 47.9 Å². The highest BCUT2D eigenvalue weighted by atomic mass is 32.1. The van der Waals surface area contributed by atoms with E-state index >= 15 is 0 Å². The number of fused-ring (bicyclic) bond motifs is 2. The standard InChI is InChI=1S/C40H44N6O3S/c1-40(2,3)49-38(48)35-28(30-22-41-46(36(30)27-16-17-27)23-25-10-5-4-6-11-25)18-19-34(43-35)45-21-20-26-12-9-13-29(31(26)24-45)37(47)44-39-42-32-14-7-8-15-33(32)50-39/h7-9,12-15,18-19,22,25,27H,4-6,10-11,16-17,20-21,23-24H2,1-3H3,(H,42,44,47). The number of thiazole rings is 1. The summed E-state index contributed by atoms with van der Waals surface area (Å²) in [6, 6.07) is 17.8. The molecule has 0 bridgehead atoms. The Balaban J connectivity index is 1.11. The number of hydrogen-bond donors (Lipinski definition) is 1. The molecule has 2 fully saturated rings. The Kier molecular flexibility index (Phi) is 8.67. The molecule has 0 unspecified atom stereocenters. The van der Waals surface area contributed by atoms with Crippen molar-refractivity contribution in [3.8, 4) is 11.1 Å². The number of ether oxygens (including phenoxy) is 1. The summed E-state index contributed by atoms with van der Waals surface area (Å²) in [5.74, 6) is 1.16. The number of amides is 1. The van der Waals surface area contributed by atoms with Crippen LogP contribution in [0, 0.1) is 5.92 Å². The summed E-state index contributed by atoms with van der Waals surface area (Å²) in [7, 11) is 0. The molecular weight excluding hydrogens is 645 g/mol. The molecule has 0 spiro atoms. The van der Waals surface area contributed by atoms with Gasteiger partial charge in [0.15, 0.2) is 10.8 Å². The van der Waals surface area contributed by atoms with Gasteiger partial charge in [0.25, 0.3) is 5.91 Å². The van der Waals surface area contributed by atoms with Crippen LogP contribution in [0.15, 0.2) is 60.8 Å². The predicted molar refractivity (Wildman–Crippen MR) is 198 cm³/mol. The van der Waals surface area contributed by atoms with E-state index in [1.54, 1.807) is 0 Å². The molecule has 1 amide bonds.